The molecule has 1 heterocycles. The molecule has 0 fully saturated rings. The summed E-state index contributed by atoms with van der Waals surface area (Å²) in [5, 5.41) is 3.05. The van der Waals surface area contributed by atoms with E-state index in [2.05, 4.69) is 39.0 Å². The fraction of sp³-hybridized carbons (Fsp3) is 0.286. The van der Waals surface area contributed by atoms with Crippen LogP contribution in [-0.2, 0) is 6.54 Å². The number of hydrogen-bond donors (Lipinski definition) is 1. The number of hydrogen-bond acceptors (Lipinski definition) is 2. The highest BCUT2D eigenvalue weighted by molar-refractivity contribution is 14.1. The fourth-order valence-corrected chi connectivity index (χ4v) is 1.25. The van der Waals surface area contributed by atoms with Crippen molar-refractivity contribution in [3.63, 3.8) is 0 Å². The van der Waals surface area contributed by atoms with Gasteiger partial charge in [0.05, 0.1) is 5.69 Å². The van der Waals surface area contributed by atoms with Crippen molar-refractivity contribution in [3.05, 3.63) is 27.6 Å². The molecule has 0 spiro atoms. The maximum Gasteiger partial charge on any atom is 0.0552 e. The molecule has 0 bridgehead atoms. The first-order valence-electron chi connectivity index (χ1n) is 3.08. The standard InChI is InChI=1S/C7H9IN2/c1-9-5-7-4-6(8)2-3-10-7/h2-4,9H,5H2,1H3. The summed E-state index contributed by atoms with van der Waals surface area (Å²) in [4.78, 5) is 4.16. The Morgan fingerprint density at radius 2 is 2.50 bits per heavy atom. The average Bonchev–Trinajstić information content (AvgIpc) is 1.88. The van der Waals surface area contributed by atoms with Crippen LogP contribution in [0.4, 0.5) is 0 Å². The summed E-state index contributed by atoms with van der Waals surface area (Å²) in [5.74, 6) is 0. The molecule has 0 aliphatic carbocycles. The molecule has 0 saturated heterocycles. The smallest absolute Gasteiger partial charge is 0.0552 e. The van der Waals surface area contributed by atoms with Gasteiger partial charge in [0, 0.05) is 16.3 Å². The van der Waals surface area contributed by atoms with E-state index in [4.69, 9.17) is 0 Å². The lowest BCUT2D eigenvalue weighted by molar-refractivity contribution is 0.790. The number of nitrogens with zero attached hydrogens (tertiary/aromatic N) is 1. The maximum atomic E-state index is 4.16. The van der Waals surface area contributed by atoms with Gasteiger partial charge in [-0.3, -0.25) is 4.98 Å². The predicted molar refractivity (Wildman–Crippen MR) is 49.7 cm³/mol. The Hall–Kier alpha value is -0.160. The number of rotatable bonds is 2. The normalized spacial score (nSPS) is 9.80. The third-order valence-electron chi connectivity index (χ3n) is 1.14. The molecule has 0 aliphatic rings. The molecule has 0 radical (unpaired) electrons. The van der Waals surface area contributed by atoms with Gasteiger partial charge in [-0.15, -0.1) is 0 Å². The Morgan fingerprint density at radius 3 is 3.10 bits per heavy atom. The summed E-state index contributed by atoms with van der Waals surface area (Å²) in [6, 6.07) is 4.05. The summed E-state index contributed by atoms with van der Waals surface area (Å²) in [6.45, 7) is 0.844. The van der Waals surface area contributed by atoms with Crippen molar-refractivity contribution < 1.29 is 0 Å². The van der Waals surface area contributed by atoms with Crippen molar-refractivity contribution in [3.8, 4) is 0 Å². The van der Waals surface area contributed by atoms with E-state index in [1.54, 1.807) is 0 Å². The molecule has 3 heteroatoms. The van der Waals surface area contributed by atoms with E-state index in [0.717, 1.165) is 12.2 Å². The van der Waals surface area contributed by atoms with Crippen LogP contribution in [0, 0.1) is 3.57 Å². The van der Waals surface area contributed by atoms with Crippen LogP contribution in [-0.4, -0.2) is 12.0 Å². The molecule has 1 aromatic heterocycles. The first-order chi connectivity index (χ1) is 4.83. The molecule has 10 heavy (non-hydrogen) atoms. The largest absolute Gasteiger partial charge is 0.314 e. The molecular formula is C7H9IN2. The van der Waals surface area contributed by atoms with Crippen molar-refractivity contribution in [2.24, 2.45) is 0 Å². The second kappa shape index (κ2) is 3.88. The first kappa shape index (κ1) is 7.94. The lowest BCUT2D eigenvalue weighted by Gasteiger charge is -1.97. The van der Waals surface area contributed by atoms with E-state index < -0.39 is 0 Å². The summed E-state index contributed by atoms with van der Waals surface area (Å²) >= 11 is 2.28. The van der Waals surface area contributed by atoms with Crippen molar-refractivity contribution in [2.75, 3.05) is 7.05 Å². The van der Waals surface area contributed by atoms with E-state index in [0.29, 0.717) is 0 Å². The second-order valence-corrected chi connectivity index (χ2v) is 3.24. The van der Waals surface area contributed by atoms with Crippen molar-refractivity contribution >= 4 is 22.6 Å². The highest BCUT2D eigenvalue weighted by Gasteiger charge is 1.91. The van der Waals surface area contributed by atoms with Crippen LogP contribution in [0.3, 0.4) is 0 Å². The van der Waals surface area contributed by atoms with E-state index in [1.165, 1.54) is 3.57 Å². The fourth-order valence-electron chi connectivity index (χ4n) is 0.727. The van der Waals surface area contributed by atoms with Crippen LogP contribution >= 0.6 is 22.6 Å². The van der Waals surface area contributed by atoms with Crippen molar-refractivity contribution in [2.45, 2.75) is 6.54 Å². The van der Waals surface area contributed by atoms with Gasteiger partial charge < -0.3 is 5.32 Å². The van der Waals surface area contributed by atoms with Gasteiger partial charge in [-0.25, -0.2) is 0 Å². The van der Waals surface area contributed by atoms with Gasteiger partial charge in [0.2, 0.25) is 0 Å². The Morgan fingerprint density at radius 1 is 1.70 bits per heavy atom. The third kappa shape index (κ3) is 2.22. The number of pyridine rings is 1. The number of aromatic nitrogens is 1. The molecule has 0 unspecified atom stereocenters. The molecule has 0 atom stereocenters. The average molecular weight is 248 g/mol. The van der Waals surface area contributed by atoms with Crippen LogP contribution < -0.4 is 5.32 Å². The Labute approximate surface area is 74.2 Å². The minimum absolute atomic E-state index is 0.844. The summed E-state index contributed by atoms with van der Waals surface area (Å²) in [7, 11) is 1.92. The Kier molecular flexibility index (Phi) is 3.08. The van der Waals surface area contributed by atoms with Gasteiger partial charge >= 0.3 is 0 Å². The van der Waals surface area contributed by atoms with E-state index in [9.17, 15) is 0 Å². The molecule has 0 aromatic carbocycles. The molecule has 0 saturated carbocycles. The van der Waals surface area contributed by atoms with Crippen LogP contribution in [0.25, 0.3) is 0 Å². The predicted octanol–water partition coefficient (Wildman–Crippen LogP) is 1.41. The minimum Gasteiger partial charge on any atom is -0.314 e. The van der Waals surface area contributed by atoms with E-state index >= 15 is 0 Å². The van der Waals surface area contributed by atoms with Crippen LogP contribution in [0.15, 0.2) is 18.3 Å². The molecule has 1 aromatic rings. The minimum atomic E-state index is 0.844. The Balaban J connectivity index is 2.75. The summed E-state index contributed by atoms with van der Waals surface area (Å²) in [6.07, 6.45) is 1.83. The molecule has 1 rings (SSSR count). The van der Waals surface area contributed by atoms with Gasteiger partial charge in [-0.1, -0.05) is 0 Å². The zero-order valence-electron chi connectivity index (χ0n) is 5.76. The molecule has 0 amide bonds. The number of nitrogens with one attached hydrogen (secondary N) is 1. The van der Waals surface area contributed by atoms with Crippen molar-refractivity contribution in [1.82, 2.24) is 10.3 Å². The van der Waals surface area contributed by atoms with Crippen molar-refractivity contribution in [1.29, 1.82) is 0 Å². The van der Waals surface area contributed by atoms with E-state index in [-0.39, 0.29) is 0 Å². The molecular weight excluding hydrogens is 239 g/mol. The van der Waals surface area contributed by atoms with Crippen LogP contribution in [0.5, 0.6) is 0 Å². The second-order valence-electron chi connectivity index (χ2n) is 2.00. The third-order valence-corrected chi connectivity index (χ3v) is 1.81. The van der Waals surface area contributed by atoms with Crippen LogP contribution in [0.1, 0.15) is 5.69 Å². The monoisotopic (exact) mass is 248 g/mol. The zero-order chi connectivity index (χ0) is 7.40. The highest BCUT2D eigenvalue weighted by atomic mass is 127. The molecule has 1 N–H and O–H groups in total. The summed E-state index contributed by atoms with van der Waals surface area (Å²) < 4.78 is 1.23. The topological polar surface area (TPSA) is 24.9 Å². The first-order valence-corrected chi connectivity index (χ1v) is 4.16. The van der Waals surface area contributed by atoms with Gasteiger partial charge in [0.25, 0.3) is 0 Å². The SMILES string of the molecule is CNCc1cc(I)ccn1. The lowest BCUT2D eigenvalue weighted by Crippen LogP contribution is -2.06. The van der Waals surface area contributed by atoms with Gasteiger partial charge in [-0.05, 0) is 41.8 Å². The lowest BCUT2D eigenvalue weighted by atomic mass is 10.3. The molecule has 54 valence electrons. The Bertz CT molecular complexity index is 213. The quantitative estimate of drug-likeness (QED) is 0.800. The van der Waals surface area contributed by atoms with Gasteiger partial charge in [-0.2, -0.15) is 0 Å². The van der Waals surface area contributed by atoms with E-state index in [1.807, 2.05) is 19.3 Å². The zero-order valence-corrected chi connectivity index (χ0v) is 7.92. The van der Waals surface area contributed by atoms with Gasteiger partial charge in [0.1, 0.15) is 0 Å². The molecule has 2 nitrogen and oxygen atoms in total. The van der Waals surface area contributed by atoms with Crippen LogP contribution in [0.2, 0.25) is 0 Å². The highest BCUT2D eigenvalue weighted by Crippen LogP contribution is 2.03. The molecule has 0 aliphatic heterocycles. The maximum absolute atomic E-state index is 4.16. The summed E-state index contributed by atoms with van der Waals surface area (Å²) in [5.41, 5.74) is 1.09. The number of halogens is 1. The van der Waals surface area contributed by atoms with Gasteiger partial charge in [0.15, 0.2) is 0 Å².